The van der Waals surface area contributed by atoms with Gasteiger partial charge in [0, 0.05) is 0 Å². The van der Waals surface area contributed by atoms with E-state index in [1.54, 1.807) is 6.26 Å². The van der Waals surface area contributed by atoms with Crippen LogP contribution in [-0.2, 0) is 4.74 Å². The van der Waals surface area contributed by atoms with Gasteiger partial charge in [-0.15, -0.1) is 0 Å². The highest BCUT2D eigenvalue weighted by atomic mass is 16.6. The molecule has 2 atom stereocenters. The molecule has 70 valence electrons. The highest BCUT2D eigenvalue weighted by Crippen LogP contribution is 2.50. The van der Waals surface area contributed by atoms with Crippen LogP contribution in [0.15, 0.2) is 53.1 Å². The van der Waals surface area contributed by atoms with Gasteiger partial charge in [0.05, 0.1) is 6.26 Å². The third-order valence-electron chi connectivity index (χ3n) is 2.44. The first kappa shape index (κ1) is 7.83. The Hall–Kier alpha value is -1.54. The molecular weight excluding hydrogens is 176 g/mol. The van der Waals surface area contributed by atoms with E-state index >= 15 is 0 Å². The first-order valence-electron chi connectivity index (χ1n) is 4.69. The molecule has 1 aliphatic rings. The lowest BCUT2D eigenvalue weighted by molar-refractivity contribution is 0.349. The van der Waals surface area contributed by atoms with Crippen LogP contribution < -0.4 is 0 Å². The molecule has 0 radical (unpaired) electrons. The Bertz CT molecular complexity index is 405. The van der Waals surface area contributed by atoms with Gasteiger partial charge >= 0.3 is 0 Å². The molecule has 2 heterocycles. The van der Waals surface area contributed by atoms with Crippen molar-refractivity contribution >= 4 is 0 Å². The molecule has 2 aromatic rings. The zero-order valence-electron chi connectivity index (χ0n) is 7.59. The summed E-state index contributed by atoms with van der Waals surface area (Å²) in [5.74, 6) is 0.916. The fraction of sp³-hybridized carbons (Fsp3) is 0.167. The molecule has 14 heavy (non-hydrogen) atoms. The quantitative estimate of drug-likeness (QED) is 0.673. The summed E-state index contributed by atoms with van der Waals surface area (Å²) >= 11 is 0. The van der Waals surface area contributed by atoms with E-state index in [1.807, 2.05) is 30.3 Å². The predicted octanol–water partition coefficient (Wildman–Crippen LogP) is 3.09. The molecule has 0 bridgehead atoms. The minimum Gasteiger partial charge on any atom is -0.466 e. The molecule has 0 aliphatic carbocycles. The van der Waals surface area contributed by atoms with Gasteiger partial charge in [0.15, 0.2) is 0 Å². The van der Waals surface area contributed by atoms with Crippen LogP contribution >= 0.6 is 0 Å². The molecule has 2 heteroatoms. The van der Waals surface area contributed by atoms with Crippen molar-refractivity contribution in [2.24, 2.45) is 0 Å². The second kappa shape index (κ2) is 3.00. The van der Waals surface area contributed by atoms with Crippen molar-refractivity contribution in [3.8, 4) is 0 Å². The highest BCUT2D eigenvalue weighted by Gasteiger charge is 2.43. The Balaban J connectivity index is 1.81. The SMILES string of the molecule is c1ccc([C@@H]2O[C@@H]2c2ccco2)cc1. The topological polar surface area (TPSA) is 25.7 Å². The number of furan rings is 1. The van der Waals surface area contributed by atoms with Gasteiger partial charge in [0.1, 0.15) is 18.0 Å². The number of hydrogen-bond donors (Lipinski definition) is 0. The lowest BCUT2D eigenvalue weighted by atomic mass is 10.1. The molecule has 1 aromatic heterocycles. The van der Waals surface area contributed by atoms with Gasteiger partial charge in [-0.1, -0.05) is 30.3 Å². The van der Waals surface area contributed by atoms with E-state index < -0.39 is 0 Å². The maximum Gasteiger partial charge on any atom is 0.146 e. The number of hydrogen-bond acceptors (Lipinski definition) is 2. The van der Waals surface area contributed by atoms with Crippen molar-refractivity contribution < 1.29 is 9.15 Å². The van der Waals surface area contributed by atoms with Crippen molar-refractivity contribution in [2.75, 3.05) is 0 Å². The summed E-state index contributed by atoms with van der Waals surface area (Å²) in [4.78, 5) is 0. The van der Waals surface area contributed by atoms with Crippen molar-refractivity contribution in [2.45, 2.75) is 12.2 Å². The van der Waals surface area contributed by atoms with Crippen molar-refractivity contribution in [1.82, 2.24) is 0 Å². The summed E-state index contributed by atoms with van der Waals surface area (Å²) in [6.45, 7) is 0. The summed E-state index contributed by atoms with van der Waals surface area (Å²) in [5, 5.41) is 0. The van der Waals surface area contributed by atoms with Gasteiger partial charge in [0.25, 0.3) is 0 Å². The molecule has 0 unspecified atom stereocenters. The van der Waals surface area contributed by atoms with Gasteiger partial charge in [0.2, 0.25) is 0 Å². The molecular formula is C12H10O2. The van der Waals surface area contributed by atoms with E-state index in [0.717, 1.165) is 5.76 Å². The minimum absolute atomic E-state index is 0.118. The summed E-state index contributed by atoms with van der Waals surface area (Å²) in [6, 6.07) is 14.0. The smallest absolute Gasteiger partial charge is 0.146 e. The number of ether oxygens (including phenoxy) is 1. The normalized spacial score (nSPS) is 24.9. The Kier molecular flexibility index (Phi) is 1.67. The largest absolute Gasteiger partial charge is 0.466 e. The van der Waals surface area contributed by atoms with Gasteiger partial charge in [-0.05, 0) is 17.7 Å². The van der Waals surface area contributed by atoms with E-state index in [-0.39, 0.29) is 12.2 Å². The van der Waals surface area contributed by atoms with E-state index in [0.29, 0.717) is 0 Å². The molecule has 3 rings (SSSR count). The first-order valence-corrected chi connectivity index (χ1v) is 4.69. The number of epoxide rings is 1. The van der Waals surface area contributed by atoms with Crippen molar-refractivity contribution in [1.29, 1.82) is 0 Å². The molecule has 0 N–H and O–H groups in total. The molecule has 1 fully saturated rings. The van der Waals surface area contributed by atoms with Crippen molar-refractivity contribution in [3.05, 3.63) is 60.1 Å². The lowest BCUT2D eigenvalue weighted by Gasteiger charge is -1.92. The third kappa shape index (κ3) is 1.24. The van der Waals surface area contributed by atoms with E-state index in [2.05, 4.69) is 12.1 Å². The fourth-order valence-electron chi connectivity index (χ4n) is 1.68. The first-order chi connectivity index (χ1) is 6.95. The second-order valence-electron chi connectivity index (χ2n) is 3.40. The number of rotatable bonds is 2. The maximum absolute atomic E-state index is 5.55. The fourth-order valence-corrected chi connectivity index (χ4v) is 1.68. The molecule has 2 nitrogen and oxygen atoms in total. The number of benzene rings is 1. The van der Waals surface area contributed by atoms with Crippen LogP contribution in [0, 0.1) is 0 Å². The molecule has 1 aromatic carbocycles. The van der Waals surface area contributed by atoms with Crippen molar-refractivity contribution in [3.63, 3.8) is 0 Å². The van der Waals surface area contributed by atoms with Crippen LogP contribution in [-0.4, -0.2) is 0 Å². The molecule has 1 aliphatic heterocycles. The van der Waals surface area contributed by atoms with Gasteiger partial charge in [-0.25, -0.2) is 0 Å². The average Bonchev–Trinajstić information content (AvgIpc) is 2.87. The molecule has 1 saturated heterocycles. The maximum atomic E-state index is 5.55. The second-order valence-corrected chi connectivity index (χ2v) is 3.40. The summed E-state index contributed by atoms with van der Waals surface area (Å²) in [7, 11) is 0. The summed E-state index contributed by atoms with van der Waals surface area (Å²) < 4.78 is 10.8. The van der Waals surface area contributed by atoms with Gasteiger partial charge in [-0.3, -0.25) is 0 Å². The zero-order chi connectivity index (χ0) is 9.38. The highest BCUT2D eigenvalue weighted by molar-refractivity contribution is 5.25. The average molecular weight is 186 g/mol. The van der Waals surface area contributed by atoms with Crippen LogP contribution in [0.3, 0.4) is 0 Å². The van der Waals surface area contributed by atoms with E-state index in [1.165, 1.54) is 5.56 Å². The summed E-state index contributed by atoms with van der Waals surface area (Å²) in [6.07, 6.45) is 1.98. The Labute approximate surface area is 82.1 Å². The standard InChI is InChI=1S/C12H10O2/c1-2-5-9(6-3-1)11-12(14-11)10-7-4-8-13-10/h1-8,11-12H/t11-,12+/m0/s1. The van der Waals surface area contributed by atoms with Gasteiger partial charge < -0.3 is 9.15 Å². The van der Waals surface area contributed by atoms with Crippen LogP contribution in [0.5, 0.6) is 0 Å². The minimum atomic E-state index is 0.118. The monoisotopic (exact) mass is 186 g/mol. The molecule has 0 spiro atoms. The molecule has 0 amide bonds. The third-order valence-corrected chi connectivity index (χ3v) is 2.44. The zero-order valence-corrected chi connectivity index (χ0v) is 7.59. The Morgan fingerprint density at radius 1 is 0.857 bits per heavy atom. The Morgan fingerprint density at radius 2 is 1.71 bits per heavy atom. The predicted molar refractivity (Wildman–Crippen MR) is 51.7 cm³/mol. The molecule has 0 saturated carbocycles. The Morgan fingerprint density at radius 3 is 2.43 bits per heavy atom. The van der Waals surface area contributed by atoms with E-state index in [9.17, 15) is 0 Å². The van der Waals surface area contributed by atoms with Crippen LogP contribution in [0.1, 0.15) is 23.5 Å². The van der Waals surface area contributed by atoms with E-state index in [4.69, 9.17) is 9.15 Å². The van der Waals surface area contributed by atoms with Crippen LogP contribution in [0.4, 0.5) is 0 Å². The van der Waals surface area contributed by atoms with Gasteiger partial charge in [-0.2, -0.15) is 0 Å². The van der Waals surface area contributed by atoms with Crippen LogP contribution in [0.2, 0.25) is 0 Å². The summed E-state index contributed by atoms with van der Waals surface area (Å²) in [5.41, 5.74) is 1.22. The lowest BCUT2D eigenvalue weighted by Crippen LogP contribution is -1.80. The van der Waals surface area contributed by atoms with Crippen LogP contribution in [0.25, 0.3) is 0 Å².